The SMILES string of the molecule is O=C1NC(=O)C(CCCCc2ccc(OCc3csc(/C=C/c4ccccc4)n3)cc2)O1. The first kappa shape index (κ1) is 21.8. The first-order valence-electron chi connectivity index (χ1n) is 10.6. The zero-order valence-electron chi connectivity index (χ0n) is 17.5. The summed E-state index contributed by atoms with van der Waals surface area (Å²) in [7, 11) is 0. The number of aryl methyl sites for hydroxylation is 1. The molecule has 7 heteroatoms. The number of cyclic esters (lactones) is 1. The monoisotopic (exact) mass is 448 g/mol. The number of hydrogen-bond acceptors (Lipinski definition) is 6. The largest absolute Gasteiger partial charge is 0.487 e. The smallest absolute Gasteiger partial charge is 0.414 e. The van der Waals surface area contributed by atoms with Gasteiger partial charge in [-0.3, -0.25) is 10.1 Å². The number of alkyl carbamates (subject to hydrolysis) is 1. The fourth-order valence-electron chi connectivity index (χ4n) is 3.35. The molecule has 1 aliphatic rings. The van der Waals surface area contributed by atoms with Crippen molar-refractivity contribution in [1.82, 2.24) is 10.3 Å². The Morgan fingerprint density at radius 1 is 1.03 bits per heavy atom. The van der Waals surface area contributed by atoms with Crippen LogP contribution in [-0.2, 0) is 22.6 Å². The number of carbonyl (C=O) groups is 2. The summed E-state index contributed by atoms with van der Waals surface area (Å²) in [6.07, 6.45) is 5.96. The summed E-state index contributed by atoms with van der Waals surface area (Å²) in [4.78, 5) is 27.1. The van der Waals surface area contributed by atoms with Crippen LogP contribution in [0.15, 0.2) is 60.0 Å². The number of imide groups is 1. The molecule has 1 atom stereocenters. The van der Waals surface area contributed by atoms with Gasteiger partial charge in [-0.25, -0.2) is 9.78 Å². The molecule has 6 nitrogen and oxygen atoms in total. The van der Waals surface area contributed by atoms with E-state index < -0.39 is 12.2 Å². The molecule has 4 rings (SSSR count). The average Bonchev–Trinajstić information content (AvgIpc) is 3.40. The molecule has 0 saturated carbocycles. The van der Waals surface area contributed by atoms with Gasteiger partial charge in [0.15, 0.2) is 6.10 Å². The lowest BCUT2D eigenvalue weighted by Gasteiger charge is -2.07. The normalized spacial score (nSPS) is 15.7. The minimum absolute atomic E-state index is 0.337. The second kappa shape index (κ2) is 10.7. The van der Waals surface area contributed by atoms with Crippen LogP contribution in [0.5, 0.6) is 5.75 Å². The van der Waals surface area contributed by atoms with Gasteiger partial charge in [0.1, 0.15) is 17.4 Å². The van der Waals surface area contributed by atoms with Gasteiger partial charge < -0.3 is 9.47 Å². The molecule has 2 heterocycles. The van der Waals surface area contributed by atoms with E-state index in [0.717, 1.165) is 41.3 Å². The van der Waals surface area contributed by atoms with E-state index in [1.165, 1.54) is 5.56 Å². The molecule has 2 amide bonds. The van der Waals surface area contributed by atoms with E-state index in [-0.39, 0.29) is 5.91 Å². The van der Waals surface area contributed by atoms with Crippen molar-refractivity contribution in [3.05, 3.63) is 81.8 Å². The highest BCUT2D eigenvalue weighted by atomic mass is 32.1. The Morgan fingerprint density at radius 2 is 1.84 bits per heavy atom. The number of nitrogens with zero attached hydrogens (tertiary/aromatic N) is 1. The van der Waals surface area contributed by atoms with E-state index in [1.807, 2.05) is 53.9 Å². The highest BCUT2D eigenvalue weighted by molar-refractivity contribution is 7.10. The van der Waals surface area contributed by atoms with Crippen LogP contribution in [0, 0.1) is 0 Å². The van der Waals surface area contributed by atoms with Gasteiger partial charge in [-0.15, -0.1) is 11.3 Å². The minimum atomic E-state index is -0.645. The molecule has 2 aromatic carbocycles. The molecular formula is C25H24N2O4S. The van der Waals surface area contributed by atoms with E-state index in [4.69, 9.17) is 9.47 Å². The highest BCUT2D eigenvalue weighted by Crippen LogP contribution is 2.19. The maximum Gasteiger partial charge on any atom is 0.414 e. The third-order valence-corrected chi connectivity index (χ3v) is 5.91. The predicted molar refractivity (Wildman–Crippen MR) is 124 cm³/mol. The molecule has 0 aliphatic carbocycles. The zero-order valence-corrected chi connectivity index (χ0v) is 18.3. The van der Waals surface area contributed by atoms with Gasteiger partial charge in [0.2, 0.25) is 0 Å². The second-order valence-electron chi connectivity index (χ2n) is 7.48. The van der Waals surface area contributed by atoms with Crippen LogP contribution in [0.4, 0.5) is 4.79 Å². The third kappa shape index (κ3) is 6.28. The lowest BCUT2D eigenvalue weighted by atomic mass is 10.1. The number of rotatable bonds is 10. The Hall–Kier alpha value is -3.45. The highest BCUT2D eigenvalue weighted by Gasteiger charge is 2.31. The third-order valence-electron chi connectivity index (χ3n) is 5.05. The van der Waals surface area contributed by atoms with Crippen molar-refractivity contribution in [1.29, 1.82) is 0 Å². The lowest BCUT2D eigenvalue weighted by Crippen LogP contribution is -2.24. The van der Waals surface area contributed by atoms with Gasteiger partial charge >= 0.3 is 6.09 Å². The Bertz CT molecular complexity index is 1080. The molecule has 164 valence electrons. The summed E-state index contributed by atoms with van der Waals surface area (Å²) >= 11 is 1.60. The molecule has 1 fully saturated rings. The van der Waals surface area contributed by atoms with Crippen molar-refractivity contribution in [2.45, 2.75) is 38.4 Å². The van der Waals surface area contributed by atoms with Crippen LogP contribution in [0.1, 0.15) is 41.1 Å². The zero-order chi connectivity index (χ0) is 22.2. The van der Waals surface area contributed by atoms with Crippen molar-refractivity contribution in [2.75, 3.05) is 0 Å². The van der Waals surface area contributed by atoms with Crippen molar-refractivity contribution >= 4 is 35.5 Å². The molecule has 1 aliphatic heterocycles. The van der Waals surface area contributed by atoms with Gasteiger partial charge in [-0.2, -0.15) is 0 Å². The molecule has 1 N–H and O–H groups in total. The summed E-state index contributed by atoms with van der Waals surface area (Å²) < 4.78 is 10.8. The summed E-state index contributed by atoms with van der Waals surface area (Å²) in [5.74, 6) is 0.466. The average molecular weight is 449 g/mol. The number of amides is 2. The van der Waals surface area contributed by atoms with Crippen LogP contribution in [0.25, 0.3) is 12.2 Å². The van der Waals surface area contributed by atoms with Gasteiger partial charge in [0.25, 0.3) is 5.91 Å². The number of hydrogen-bond donors (Lipinski definition) is 1. The molecule has 1 aromatic heterocycles. The quantitative estimate of drug-likeness (QED) is 0.429. The first-order valence-corrected chi connectivity index (χ1v) is 11.4. The van der Waals surface area contributed by atoms with E-state index in [1.54, 1.807) is 11.3 Å². The van der Waals surface area contributed by atoms with E-state index >= 15 is 0 Å². The number of unbranched alkanes of at least 4 members (excludes halogenated alkanes) is 1. The maximum atomic E-state index is 11.5. The van der Waals surface area contributed by atoms with Crippen molar-refractivity contribution in [3.63, 3.8) is 0 Å². The summed E-state index contributed by atoms with van der Waals surface area (Å²) in [6.45, 7) is 0.428. The first-order chi connectivity index (χ1) is 15.7. The molecule has 3 aromatic rings. The Balaban J connectivity index is 1.18. The van der Waals surface area contributed by atoms with Crippen molar-refractivity contribution < 1.29 is 19.1 Å². The number of ether oxygens (including phenoxy) is 2. The molecule has 0 bridgehead atoms. The second-order valence-corrected chi connectivity index (χ2v) is 8.37. The summed E-state index contributed by atoms with van der Waals surface area (Å²) in [6, 6.07) is 18.2. The number of carbonyl (C=O) groups excluding carboxylic acids is 2. The fraction of sp³-hybridized carbons (Fsp3) is 0.240. The molecule has 0 radical (unpaired) electrons. The van der Waals surface area contributed by atoms with Gasteiger partial charge in [0.05, 0.1) is 5.69 Å². The van der Waals surface area contributed by atoms with E-state index in [9.17, 15) is 9.59 Å². The summed E-state index contributed by atoms with van der Waals surface area (Å²) in [5.41, 5.74) is 3.25. The van der Waals surface area contributed by atoms with Crippen molar-refractivity contribution in [2.24, 2.45) is 0 Å². The predicted octanol–water partition coefficient (Wildman–Crippen LogP) is 5.24. The van der Waals surface area contributed by atoms with Gasteiger partial charge in [0, 0.05) is 5.38 Å². The van der Waals surface area contributed by atoms with Crippen molar-refractivity contribution in [3.8, 4) is 5.75 Å². The topological polar surface area (TPSA) is 77.5 Å². The van der Waals surface area contributed by atoms with Crippen LogP contribution < -0.4 is 10.1 Å². The fourth-order valence-corrected chi connectivity index (χ4v) is 4.04. The number of benzene rings is 2. The molecular weight excluding hydrogens is 424 g/mol. The van der Waals surface area contributed by atoms with Crippen LogP contribution in [0.3, 0.4) is 0 Å². The van der Waals surface area contributed by atoms with Crippen LogP contribution >= 0.6 is 11.3 Å². The van der Waals surface area contributed by atoms with Crippen LogP contribution in [-0.4, -0.2) is 23.1 Å². The van der Waals surface area contributed by atoms with E-state index in [0.29, 0.717) is 13.0 Å². The Labute approximate surface area is 190 Å². The summed E-state index contributed by atoms with van der Waals surface area (Å²) in [5, 5.41) is 5.11. The van der Waals surface area contributed by atoms with Gasteiger partial charge in [-0.05, 0) is 55.0 Å². The standard InChI is InChI=1S/C25H24N2O4S/c28-24-22(31-25(29)27-24)9-5-4-8-19-10-13-21(14-11-19)30-16-20-17-32-23(26-20)15-12-18-6-2-1-3-7-18/h1-3,6-7,10-15,17,22H,4-5,8-9,16H2,(H,27,28,29)/b15-12+. The number of nitrogens with one attached hydrogen (secondary N) is 1. The molecule has 32 heavy (non-hydrogen) atoms. The molecule has 1 saturated heterocycles. The Kier molecular flexibility index (Phi) is 7.30. The van der Waals surface area contributed by atoms with E-state index in [2.05, 4.69) is 28.5 Å². The van der Waals surface area contributed by atoms with Gasteiger partial charge in [-0.1, -0.05) is 48.5 Å². The number of aromatic nitrogens is 1. The number of thiazole rings is 1. The molecule has 0 spiro atoms. The lowest BCUT2D eigenvalue weighted by molar-refractivity contribution is -0.123. The Morgan fingerprint density at radius 3 is 2.59 bits per heavy atom. The minimum Gasteiger partial charge on any atom is -0.487 e. The maximum absolute atomic E-state index is 11.5. The van der Waals surface area contributed by atoms with Crippen LogP contribution in [0.2, 0.25) is 0 Å². The molecule has 1 unspecified atom stereocenters.